The molecule has 2 amide bonds. The summed E-state index contributed by atoms with van der Waals surface area (Å²) in [5.41, 5.74) is 15.1. The van der Waals surface area contributed by atoms with Crippen LogP contribution in [0.25, 0.3) is 22.0 Å². The maximum Gasteiger partial charge on any atom is 0.274 e. The van der Waals surface area contributed by atoms with E-state index in [1.807, 2.05) is 36.5 Å². The van der Waals surface area contributed by atoms with Crippen molar-refractivity contribution in [2.75, 3.05) is 30.5 Å². The summed E-state index contributed by atoms with van der Waals surface area (Å²) in [6, 6.07) is 15.7. The minimum absolute atomic E-state index is 0.0388. The molecule has 1 aliphatic carbocycles. The molecule has 58 heavy (non-hydrogen) atoms. The number of fused-ring (bicyclic) bond motifs is 2. The Balaban J connectivity index is 1.21. The number of hydrogen-bond acceptors (Lipinski definition) is 10. The van der Waals surface area contributed by atoms with Crippen LogP contribution in [0.1, 0.15) is 82.3 Å². The standard InChI is InChI=1S/C44H57N9O4S/c1-7-13-36(27(4)46-26-47-37(28-16-17-28)24-50(5)30(8-2)21-32(25-54)53(58)39(55)9-3)48-29-18-19-38-33(20-29)34-22-51(6)44(57)42-40(34)35(41(49-42)43(45)56)23-52(38)31-14-11-10-12-15-31/h10-15,18-20,22,25,27,30,32,46-49,58H,7-9,16-17,21,23-24,26H2,1-6H3,(H2,45,56)/b36-13+. The van der Waals surface area contributed by atoms with Gasteiger partial charge in [0.25, 0.3) is 11.5 Å². The third-order valence-electron chi connectivity index (χ3n) is 11.3. The van der Waals surface area contributed by atoms with Gasteiger partial charge in [-0.2, -0.15) is 0 Å². The lowest BCUT2D eigenvalue weighted by atomic mass is 9.99. The highest BCUT2D eigenvalue weighted by Gasteiger charge is 2.30. The van der Waals surface area contributed by atoms with Crippen LogP contribution < -0.4 is 32.1 Å². The minimum atomic E-state index is -0.613. The van der Waals surface area contributed by atoms with Crippen LogP contribution in [0.2, 0.25) is 0 Å². The molecule has 2 aliphatic rings. The van der Waals surface area contributed by atoms with E-state index in [-0.39, 0.29) is 29.2 Å². The Hall–Kier alpha value is -5.31. The summed E-state index contributed by atoms with van der Waals surface area (Å²) >= 11 is 4.35. The Morgan fingerprint density at radius 1 is 1.09 bits per heavy atom. The van der Waals surface area contributed by atoms with E-state index >= 15 is 0 Å². The van der Waals surface area contributed by atoms with Crippen LogP contribution in [0, 0.1) is 0 Å². The van der Waals surface area contributed by atoms with Crippen LogP contribution in [0.5, 0.6) is 0 Å². The molecule has 3 unspecified atom stereocenters. The summed E-state index contributed by atoms with van der Waals surface area (Å²) in [4.78, 5) is 57.9. The number of aromatic amines is 1. The Labute approximate surface area is 346 Å². The molecule has 0 radical (unpaired) electrons. The van der Waals surface area contributed by atoms with Gasteiger partial charge in [0.05, 0.1) is 19.3 Å². The van der Waals surface area contributed by atoms with Crippen molar-refractivity contribution in [3.05, 3.63) is 99.4 Å². The second-order valence-corrected chi connectivity index (χ2v) is 15.7. The number of hydrogen-bond donors (Lipinski definition) is 6. The maximum atomic E-state index is 13.4. The van der Waals surface area contributed by atoms with Crippen molar-refractivity contribution in [1.82, 2.24) is 29.4 Å². The number of nitrogens with one attached hydrogen (secondary N) is 4. The molecule has 0 spiro atoms. The molecule has 13 nitrogen and oxygen atoms in total. The van der Waals surface area contributed by atoms with Gasteiger partial charge in [-0.15, -0.1) is 0 Å². The molecule has 3 heterocycles. The molecule has 0 bridgehead atoms. The third-order valence-corrected chi connectivity index (χ3v) is 11.8. The van der Waals surface area contributed by atoms with Gasteiger partial charge < -0.3 is 35.6 Å². The van der Waals surface area contributed by atoms with Crippen molar-refractivity contribution in [3.63, 3.8) is 0 Å². The van der Waals surface area contributed by atoms with Gasteiger partial charge in [0, 0.05) is 88.8 Å². The van der Waals surface area contributed by atoms with Gasteiger partial charge in [-0.05, 0) is 82.0 Å². The Kier molecular flexibility index (Phi) is 13.5. The SMILES string of the molecule is CC/C=C(/Nc1ccc2c(c1)-c1cn(C)c(=O)c3[nH]c(C(N)=O)c(c13)CN2c1ccccc1)C(C)NCNC(CN(C)C(CC)CC(C=O)N(S)C(=O)CC)=C1CC1. The highest BCUT2D eigenvalue weighted by Crippen LogP contribution is 2.45. The van der Waals surface area contributed by atoms with Crippen molar-refractivity contribution in [1.29, 1.82) is 0 Å². The second-order valence-electron chi connectivity index (χ2n) is 15.3. The predicted octanol–water partition coefficient (Wildman–Crippen LogP) is 6.31. The number of thiol groups is 1. The fourth-order valence-corrected chi connectivity index (χ4v) is 8.17. The number of anilines is 3. The number of rotatable bonds is 19. The molecule has 2 aromatic carbocycles. The van der Waals surface area contributed by atoms with Gasteiger partial charge in [-0.1, -0.05) is 57.9 Å². The number of aromatic nitrogens is 2. The van der Waals surface area contributed by atoms with Crippen molar-refractivity contribution in [2.45, 2.75) is 90.9 Å². The fraction of sp³-hybridized carbons (Fsp3) is 0.409. The van der Waals surface area contributed by atoms with Gasteiger partial charge in [0.2, 0.25) is 5.91 Å². The number of likely N-dealkylation sites (N-methyl/N-ethyl adjacent to an activating group) is 1. The zero-order valence-electron chi connectivity index (χ0n) is 34.4. The number of para-hydroxylation sites is 1. The first-order valence-electron chi connectivity index (χ1n) is 20.2. The number of allylic oxidation sites excluding steroid dienone is 2. The molecule has 1 fully saturated rings. The third kappa shape index (κ3) is 9.04. The second kappa shape index (κ2) is 18.5. The molecule has 6 rings (SSSR count). The Morgan fingerprint density at radius 3 is 2.47 bits per heavy atom. The number of nitrogens with two attached hydrogens (primary N) is 1. The minimum Gasteiger partial charge on any atom is -0.375 e. The van der Waals surface area contributed by atoms with Crippen LogP contribution in [-0.2, 0) is 23.2 Å². The van der Waals surface area contributed by atoms with Crippen LogP contribution in [0.4, 0.5) is 17.1 Å². The van der Waals surface area contributed by atoms with E-state index in [4.69, 9.17) is 5.73 Å². The molecule has 1 aliphatic heterocycles. The van der Waals surface area contributed by atoms with Crippen LogP contribution in [0.15, 0.2) is 82.6 Å². The number of primary amides is 1. The molecule has 2 aromatic heterocycles. The average molecular weight is 808 g/mol. The number of amides is 2. The summed E-state index contributed by atoms with van der Waals surface area (Å²) in [5, 5.41) is 11.7. The Bertz CT molecular complexity index is 2280. The van der Waals surface area contributed by atoms with E-state index in [9.17, 15) is 19.2 Å². The van der Waals surface area contributed by atoms with E-state index in [1.165, 1.54) is 15.6 Å². The molecule has 4 aromatic rings. The largest absolute Gasteiger partial charge is 0.375 e. The molecule has 3 atom stereocenters. The highest BCUT2D eigenvalue weighted by molar-refractivity contribution is 7.78. The summed E-state index contributed by atoms with van der Waals surface area (Å²) in [7, 11) is 3.79. The van der Waals surface area contributed by atoms with Crippen molar-refractivity contribution in [2.24, 2.45) is 12.8 Å². The molecule has 1 saturated carbocycles. The van der Waals surface area contributed by atoms with Gasteiger partial charge in [0.15, 0.2) is 0 Å². The van der Waals surface area contributed by atoms with Gasteiger partial charge >= 0.3 is 0 Å². The first kappa shape index (κ1) is 42.3. The van der Waals surface area contributed by atoms with E-state index in [0.29, 0.717) is 49.1 Å². The number of benzene rings is 2. The van der Waals surface area contributed by atoms with E-state index in [0.717, 1.165) is 65.9 Å². The number of aryl methyl sites for hydroxylation is 1. The summed E-state index contributed by atoms with van der Waals surface area (Å²) < 4.78 is 2.82. The van der Waals surface area contributed by atoms with Crippen molar-refractivity contribution < 1.29 is 14.4 Å². The molecular formula is C44H57N9O4S. The fourth-order valence-electron chi connectivity index (χ4n) is 7.88. The topological polar surface area (TPSA) is 161 Å². The van der Waals surface area contributed by atoms with Crippen molar-refractivity contribution >= 4 is 58.9 Å². The molecule has 14 heteroatoms. The molecule has 308 valence electrons. The first-order chi connectivity index (χ1) is 27.9. The quantitative estimate of drug-likeness (QED) is 0.0363. The first-order valence-corrected chi connectivity index (χ1v) is 20.6. The van der Waals surface area contributed by atoms with E-state index < -0.39 is 11.9 Å². The number of carbonyl (C=O) groups is 3. The van der Waals surface area contributed by atoms with Crippen LogP contribution in [-0.4, -0.2) is 75.2 Å². The summed E-state index contributed by atoms with van der Waals surface area (Å²) in [5.74, 6) is -0.775. The van der Waals surface area contributed by atoms with Crippen LogP contribution >= 0.6 is 12.8 Å². The smallest absolute Gasteiger partial charge is 0.274 e. The average Bonchev–Trinajstić information content (AvgIpc) is 4.02. The lowest BCUT2D eigenvalue weighted by Crippen LogP contribution is -2.44. The highest BCUT2D eigenvalue weighted by atomic mass is 32.1. The van der Waals surface area contributed by atoms with Gasteiger partial charge in [-0.3, -0.25) is 28.9 Å². The lowest BCUT2D eigenvalue weighted by molar-refractivity contribution is -0.130. The molecule has 6 N–H and O–H groups in total. The van der Waals surface area contributed by atoms with E-state index in [1.54, 1.807) is 18.5 Å². The predicted molar refractivity (Wildman–Crippen MR) is 236 cm³/mol. The number of H-pyrrole nitrogens is 1. The van der Waals surface area contributed by atoms with Crippen molar-refractivity contribution in [3.8, 4) is 11.1 Å². The normalized spacial score (nSPS) is 15.1. The Morgan fingerprint density at radius 2 is 1.83 bits per heavy atom. The lowest BCUT2D eigenvalue weighted by Gasteiger charge is -2.32. The van der Waals surface area contributed by atoms with Gasteiger partial charge in [0.1, 0.15) is 17.5 Å². The molecular weight excluding hydrogens is 751 g/mol. The van der Waals surface area contributed by atoms with E-state index in [2.05, 4.69) is 95.6 Å². The number of carbonyl (C=O) groups excluding carboxylic acids is 3. The number of aldehydes is 1. The number of nitrogens with zero attached hydrogens (tertiary/aromatic N) is 4. The van der Waals surface area contributed by atoms with Gasteiger partial charge in [-0.25, -0.2) is 0 Å². The zero-order valence-corrected chi connectivity index (χ0v) is 35.3. The molecule has 0 saturated heterocycles. The number of pyridine rings is 1. The maximum absolute atomic E-state index is 13.4. The monoisotopic (exact) mass is 807 g/mol. The summed E-state index contributed by atoms with van der Waals surface area (Å²) in [6.45, 7) is 9.72. The summed E-state index contributed by atoms with van der Waals surface area (Å²) in [6.07, 6.45) is 9.45. The van der Waals surface area contributed by atoms with Crippen LogP contribution in [0.3, 0.4) is 0 Å². The zero-order chi connectivity index (χ0) is 41.7.